The zero-order valence-corrected chi connectivity index (χ0v) is 18.1. The Bertz CT molecular complexity index is 1010. The first-order chi connectivity index (χ1) is 14.5. The summed E-state index contributed by atoms with van der Waals surface area (Å²) >= 11 is 1.48. The lowest BCUT2D eigenvalue weighted by Crippen LogP contribution is -2.46. The van der Waals surface area contributed by atoms with Crippen molar-refractivity contribution in [3.63, 3.8) is 0 Å². The quantitative estimate of drug-likeness (QED) is 0.578. The van der Waals surface area contributed by atoms with Gasteiger partial charge >= 0.3 is 0 Å². The van der Waals surface area contributed by atoms with Gasteiger partial charge in [0, 0.05) is 16.6 Å². The highest BCUT2D eigenvalue weighted by molar-refractivity contribution is 7.10. The van der Waals surface area contributed by atoms with E-state index in [-0.39, 0.29) is 23.6 Å². The summed E-state index contributed by atoms with van der Waals surface area (Å²) in [6.45, 7) is 3.98. The van der Waals surface area contributed by atoms with Crippen LogP contribution in [0.1, 0.15) is 58.3 Å². The van der Waals surface area contributed by atoms with E-state index in [9.17, 15) is 9.59 Å². The van der Waals surface area contributed by atoms with Gasteiger partial charge in [-0.15, -0.1) is 11.3 Å². The molecule has 2 heterocycles. The van der Waals surface area contributed by atoms with Gasteiger partial charge in [-0.25, -0.2) is 0 Å². The number of rotatable bonds is 6. The van der Waals surface area contributed by atoms with Crippen LogP contribution in [0.25, 0.3) is 0 Å². The van der Waals surface area contributed by atoms with E-state index in [2.05, 4.69) is 5.32 Å². The lowest BCUT2D eigenvalue weighted by molar-refractivity contribution is -0.123. The predicted molar refractivity (Wildman–Crippen MR) is 119 cm³/mol. The van der Waals surface area contributed by atoms with Crippen molar-refractivity contribution in [1.82, 2.24) is 5.32 Å². The van der Waals surface area contributed by atoms with E-state index in [0.717, 1.165) is 41.7 Å². The predicted octanol–water partition coefficient (Wildman–Crippen LogP) is 5.40. The number of hydrogen-bond acceptors (Lipinski definition) is 4. The molecule has 0 bridgehead atoms. The molecule has 0 saturated heterocycles. The minimum atomic E-state index is -0.760. The SMILES string of the molecule is Cc1ccc(N(C(=O)c2ccco2)[C@@H](C(=O)NC2CCCC2)c2cccs2)c(C)c1. The molecule has 0 aliphatic heterocycles. The highest BCUT2D eigenvalue weighted by atomic mass is 32.1. The third-order valence-corrected chi connectivity index (χ3v) is 6.51. The summed E-state index contributed by atoms with van der Waals surface area (Å²) in [5.74, 6) is -0.263. The molecule has 0 radical (unpaired) electrons. The Balaban J connectivity index is 1.80. The van der Waals surface area contributed by atoms with Gasteiger partial charge < -0.3 is 9.73 Å². The maximum absolute atomic E-state index is 13.6. The highest BCUT2D eigenvalue weighted by Crippen LogP contribution is 2.35. The summed E-state index contributed by atoms with van der Waals surface area (Å²) in [4.78, 5) is 29.5. The van der Waals surface area contributed by atoms with Crippen LogP contribution in [0.2, 0.25) is 0 Å². The molecular weight excluding hydrogens is 396 g/mol. The van der Waals surface area contributed by atoms with E-state index in [4.69, 9.17) is 4.42 Å². The van der Waals surface area contributed by atoms with Crippen LogP contribution in [0.4, 0.5) is 5.69 Å². The second kappa shape index (κ2) is 8.88. The minimum Gasteiger partial charge on any atom is -0.459 e. The number of benzene rings is 1. The zero-order valence-electron chi connectivity index (χ0n) is 17.3. The van der Waals surface area contributed by atoms with E-state index in [1.54, 1.807) is 17.0 Å². The molecule has 1 N–H and O–H groups in total. The molecule has 6 heteroatoms. The van der Waals surface area contributed by atoms with E-state index >= 15 is 0 Å². The van der Waals surface area contributed by atoms with Crippen molar-refractivity contribution in [3.8, 4) is 0 Å². The standard InChI is InChI=1S/C24H26N2O3S/c1-16-11-12-19(17(2)15-16)26(24(28)20-9-5-13-29-20)22(21-10-6-14-30-21)23(27)25-18-7-3-4-8-18/h5-6,9-15,18,22H,3-4,7-8H2,1-2H3,(H,25,27)/t22-/m1/s1. The number of nitrogens with one attached hydrogen (secondary N) is 1. The van der Waals surface area contributed by atoms with Crippen molar-refractivity contribution < 1.29 is 14.0 Å². The number of hydrogen-bond donors (Lipinski definition) is 1. The summed E-state index contributed by atoms with van der Waals surface area (Å²) in [5, 5.41) is 5.12. The van der Waals surface area contributed by atoms with Gasteiger partial charge in [0.2, 0.25) is 5.91 Å². The number of thiophene rings is 1. The maximum atomic E-state index is 13.6. The number of carbonyl (C=O) groups is 2. The topological polar surface area (TPSA) is 62.6 Å². The summed E-state index contributed by atoms with van der Waals surface area (Å²) < 4.78 is 5.42. The highest BCUT2D eigenvalue weighted by Gasteiger charge is 2.36. The molecule has 2 aromatic heterocycles. The van der Waals surface area contributed by atoms with Crippen LogP contribution in [0.15, 0.2) is 58.5 Å². The van der Waals surface area contributed by atoms with Crippen molar-refractivity contribution in [2.75, 3.05) is 4.90 Å². The van der Waals surface area contributed by atoms with Crippen molar-refractivity contribution >= 4 is 28.8 Å². The zero-order chi connectivity index (χ0) is 21.1. The first-order valence-corrected chi connectivity index (χ1v) is 11.2. The molecule has 3 aromatic rings. The molecule has 1 aliphatic rings. The van der Waals surface area contributed by atoms with Gasteiger partial charge in [-0.2, -0.15) is 0 Å². The Labute approximate surface area is 180 Å². The van der Waals surface area contributed by atoms with Crippen molar-refractivity contribution in [2.24, 2.45) is 0 Å². The second-order valence-electron chi connectivity index (χ2n) is 7.85. The Kier molecular flexibility index (Phi) is 6.04. The maximum Gasteiger partial charge on any atom is 0.295 e. The molecule has 1 atom stereocenters. The van der Waals surface area contributed by atoms with Crippen LogP contribution >= 0.6 is 11.3 Å². The largest absolute Gasteiger partial charge is 0.459 e. The lowest BCUT2D eigenvalue weighted by Gasteiger charge is -2.32. The number of anilines is 1. The fourth-order valence-electron chi connectivity index (χ4n) is 4.13. The van der Waals surface area contributed by atoms with Crippen molar-refractivity contribution in [3.05, 3.63) is 75.9 Å². The normalized spacial score (nSPS) is 15.1. The van der Waals surface area contributed by atoms with Crippen LogP contribution in [-0.4, -0.2) is 17.9 Å². The van der Waals surface area contributed by atoms with Gasteiger partial charge in [-0.1, -0.05) is 36.6 Å². The van der Waals surface area contributed by atoms with E-state index < -0.39 is 6.04 Å². The third kappa shape index (κ3) is 4.19. The minimum absolute atomic E-state index is 0.149. The van der Waals surface area contributed by atoms with Gasteiger partial charge in [0.25, 0.3) is 5.91 Å². The molecule has 5 nitrogen and oxygen atoms in total. The molecule has 1 fully saturated rings. The lowest BCUT2D eigenvalue weighted by atomic mass is 10.1. The van der Waals surface area contributed by atoms with Gasteiger partial charge in [0.05, 0.1) is 6.26 Å². The van der Waals surface area contributed by atoms with Gasteiger partial charge in [0.15, 0.2) is 11.8 Å². The van der Waals surface area contributed by atoms with E-state index in [0.29, 0.717) is 5.69 Å². The molecule has 156 valence electrons. The first kappa shape index (κ1) is 20.4. The summed E-state index contributed by atoms with van der Waals surface area (Å²) in [7, 11) is 0. The molecule has 4 rings (SSSR count). The van der Waals surface area contributed by atoms with Gasteiger partial charge in [-0.3, -0.25) is 14.5 Å². The Morgan fingerprint density at radius 1 is 1.13 bits per heavy atom. The molecular formula is C24H26N2O3S. The van der Waals surface area contributed by atoms with Crippen LogP contribution in [0, 0.1) is 13.8 Å². The summed E-state index contributed by atoms with van der Waals surface area (Å²) in [6.07, 6.45) is 5.70. The molecule has 1 aliphatic carbocycles. The fraction of sp³-hybridized carbons (Fsp3) is 0.333. The Hall–Kier alpha value is -2.86. The van der Waals surface area contributed by atoms with Crippen LogP contribution in [0.3, 0.4) is 0 Å². The first-order valence-electron chi connectivity index (χ1n) is 10.3. The van der Waals surface area contributed by atoms with Crippen LogP contribution in [0.5, 0.6) is 0 Å². The van der Waals surface area contributed by atoms with E-state index in [1.165, 1.54) is 17.6 Å². The fourth-order valence-corrected chi connectivity index (χ4v) is 4.94. The van der Waals surface area contributed by atoms with Crippen LogP contribution in [-0.2, 0) is 4.79 Å². The number of carbonyl (C=O) groups excluding carboxylic acids is 2. The van der Waals surface area contributed by atoms with Gasteiger partial charge in [-0.05, 0) is 61.9 Å². The Morgan fingerprint density at radius 3 is 2.57 bits per heavy atom. The molecule has 1 aromatic carbocycles. The smallest absolute Gasteiger partial charge is 0.295 e. The average Bonchev–Trinajstić information content (AvgIpc) is 3.49. The molecule has 30 heavy (non-hydrogen) atoms. The summed E-state index contributed by atoms with van der Waals surface area (Å²) in [5.41, 5.74) is 2.75. The molecule has 0 spiro atoms. The number of nitrogens with zero attached hydrogens (tertiary/aromatic N) is 1. The second-order valence-corrected chi connectivity index (χ2v) is 8.83. The average molecular weight is 423 g/mol. The molecule has 0 unspecified atom stereocenters. The summed E-state index contributed by atoms with van der Waals surface area (Å²) in [6, 6.07) is 12.5. The molecule has 1 saturated carbocycles. The number of furan rings is 1. The Morgan fingerprint density at radius 2 is 1.93 bits per heavy atom. The number of aryl methyl sites for hydroxylation is 2. The molecule has 2 amide bonds. The monoisotopic (exact) mass is 422 g/mol. The van der Waals surface area contributed by atoms with Crippen molar-refractivity contribution in [2.45, 2.75) is 51.6 Å². The number of amides is 2. The van der Waals surface area contributed by atoms with Gasteiger partial charge in [0.1, 0.15) is 0 Å². The van der Waals surface area contributed by atoms with E-state index in [1.807, 2.05) is 49.6 Å². The third-order valence-electron chi connectivity index (χ3n) is 5.58. The van der Waals surface area contributed by atoms with Crippen LogP contribution < -0.4 is 10.2 Å². The van der Waals surface area contributed by atoms with Crippen molar-refractivity contribution in [1.29, 1.82) is 0 Å².